The van der Waals surface area contributed by atoms with Crippen molar-refractivity contribution >= 4 is 28.8 Å². The van der Waals surface area contributed by atoms with Gasteiger partial charge in [-0.25, -0.2) is 4.98 Å². The summed E-state index contributed by atoms with van der Waals surface area (Å²) in [6, 6.07) is 5.23. The third kappa shape index (κ3) is 2.12. The average molecular weight is 223 g/mol. The Morgan fingerprint density at radius 2 is 2.40 bits per heavy atom. The lowest BCUT2D eigenvalue weighted by Gasteiger charge is -1.94. The average Bonchev–Trinajstić information content (AvgIpc) is 2.58. The highest BCUT2D eigenvalue weighted by atomic mass is 32.2. The maximum atomic E-state index is 10.5. The van der Waals surface area contributed by atoms with Gasteiger partial charge in [-0.05, 0) is 24.0 Å². The minimum absolute atomic E-state index is 0.0113. The summed E-state index contributed by atoms with van der Waals surface area (Å²) in [6.07, 6.45) is 1.89. The lowest BCUT2D eigenvalue weighted by Crippen LogP contribution is -1.99. The second-order valence-corrected chi connectivity index (χ2v) is 3.81. The molecule has 0 saturated carbocycles. The molecule has 0 radical (unpaired) electrons. The van der Waals surface area contributed by atoms with Crippen LogP contribution in [0.25, 0.3) is 11.1 Å². The molecule has 0 aliphatic carbocycles. The minimum Gasteiger partial charge on any atom is -0.481 e. The molecule has 15 heavy (non-hydrogen) atoms. The zero-order valence-corrected chi connectivity index (χ0v) is 8.87. The Morgan fingerprint density at radius 1 is 1.60 bits per heavy atom. The number of carboxylic acids is 1. The van der Waals surface area contributed by atoms with Gasteiger partial charge in [-0.2, -0.15) is 0 Å². The van der Waals surface area contributed by atoms with Crippen LogP contribution in [-0.4, -0.2) is 22.3 Å². The molecule has 0 amide bonds. The van der Waals surface area contributed by atoms with Gasteiger partial charge in [0.2, 0.25) is 0 Å². The fourth-order valence-electron chi connectivity index (χ4n) is 1.32. The first-order valence-electron chi connectivity index (χ1n) is 4.34. The predicted octanol–water partition coefficient (Wildman–Crippen LogP) is 2.18. The summed E-state index contributed by atoms with van der Waals surface area (Å²) in [5, 5.41) is 9.24. The highest BCUT2D eigenvalue weighted by Crippen LogP contribution is 2.22. The Bertz CT molecular complexity index is 506. The van der Waals surface area contributed by atoms with Crippen LogP contribution in [0.3, 0.4) is 0 Å². The molecule has 0 saturated heterocycles. The molecule has 0 spiro atoms. The van der Waals surface area contributed by atoms with Crippen molar-refractivity contribution in [1.82, 2.24) is 4.98 Å². The van der Waals surface area contributed by atoms with E-state index in [1.807, 2.05) is 6.26 Å². The second-order valence-electron chi connectivity index (χ2n) is 3.06. The van der Waals surface area contributed by atoms with Crippen LogP contribution in [0.1, 0.15) is 5.56 Å². The minimum atomic E-state index is -0.845. The first kappa shape index (κ1) is 10.0. The molecule has 2 rings (SSSR count). The highest BCUT2D eigenvalue weighted by Gasteiger charge is 2.07. The number of nitrogens with zero attached hydrogens (tertiary/aromatic N) is 1. The van der Waals surface area contributed by atoms with Crippen molar-refractivity contribution in [1.29, 1.82) is 0 Å². The lowest BCUT2D eigenvalue weighted by atomic mass is 10.1. The maximum absolute atomic E-state index is 10.5. The molecule has 2 aromatic rings. The summed E-state index contributed by atoms with van der Waals surface area (Å²) in [6.45, 7) is 0. The first-order valence-corrected chi connectivity index (χ1v) is 5.57. The Morgan fingerprint density at radius 3 is 3.07 bits per heavy atom. The van der Waals surface area contributed by atoms with Crippen molar-refractivity contribution in [3.63, 3.8) is 0 Å². The smallest absolute Gasteiger partial charge is 0.307 e. The predicted molar refractivity (Wildman–Crippen MR) is 57.1 cm³/mol. The first-order chi connectivity index (χ1) is 7.19. The Balaban J connectivity index is 2.41. The molecule has 0 aliphatic heterocycles. The molecule has 4 nitrogen and oxygen atoms in total. The van der Waals surface area contributed by atoms with Crippen molar-refractivity contribution in [3.8, 4) is 0 Å². The molecule has 1 heterocycles. The van der Waals surface area contributed by atoms with E-state index in [-0.39, 0.29) is 6.42 Å². The molecule has 0 unspecified atom stereocenters. The van der Waals surface area contributed by atoms with Gasteiger partial charge in [0.25, 0.3) is 5.22 Å². The van der Waals surface area contributed by atoms with Gasteiger partial charge in [0.05, 0.1) is 6.42 Å². The van der Waals surface area contributed by atoms with Crippen molar-refractivity contribution < 1.29 is 14.3 Å². The van der Waals surface area contributed by atoms with Gasteiger partial charge in [0.15, 0.2) is 5.58 Å². The van der Waals surface area contributed by atoms with Gasteiger partial charge in [-0.3, -0.25) is 4.79 Å². The molecule has 0 aliphatic rings. The zero-order valence-electron chi connectivity index (χ0n) is 8.06. The van der Waals surface area contributed by atoms with Crippen LogP contribution in [0.15, 0.2) is 27.8 Å². The van der Waals surface area contributed by atoms with Crippen molar-refractivity contribution in [2.45, 2.75) is 11.6 Å². The van der Waals surface area contributed by atoms with Crippen molar-refractivity contribution in [3.05, 3.63) is 23.8 Å². The van der Waals surface area contributed by atoms with E-state index < -0.39 is 5.97 Å². The Kier molecular flexibility index (Phi) is 2.64. The van der Waals surface area contributed by atoms with Gasteiger partial charge >= 0.3 is 5.97 Å². The van der Waals surface area contributed by atoms with E-state index in [4.69, 9.17) is 9.52 Å². The van der Waals surface area contributed by atoms with Crippen LogP contribution in [0.5, 0.6) is 0 Å². The molecular weight excluding hydrogens is 214 g/mol. The van der Waals surface area contributed by atoms with Crippen LogP contribution in [0, 0.1) is 0 Å². The summed E-state index contributed by atoms with van der Waals surface area (Å²) in [4.78, 5) is 14.7. The Labute approximate surface area is 90.3 Å². The molecule has 0 bridgehead atoms. The zero-order chi connectivity index (χ0) is 10.8. The number of carboxylic acid groups (broad SMARTS) is 1. The highest BCUT2D eigenvalue weighted by molar-refractivity contribution is 7.98. The van der Waals surface area contributed by atoms with Crippen molar-refractivity contribution in [2.24, 2.45) is 0 Å². The molecular formula is C10H9NO3S. The van der Waals surface area contributed by atoms with Crippen LogP contribution < -0.4 is 0 Å². The van der Waals surface area contributed by atoms with Gasteiger partial charge in [-0.1, -0.05) is 17.8 Å². The van der Waals surface area contributed by atoms with Gasteiger partial charge in [0, 0.05) is 0 Å². The van der Waals surface area contributed by atoms with Crippen molar-refractivity contribution in [2.75, 3.05) is 6.26 Å². The largest absolute Gasteiger partial charge is 0.481 e. The van der Waals surface area contributed by atoms with E-state index in [9.17, 15) is 4.79 Å². The third-order valence-electron chi connectivity index (χ3n) is 1.96. The number of thioether (sulfide) groups is 1. The third-order valence-corrected chi connectivity index (χ3v) is 2.49. The van der Waals surface area contributed by atoms with E-state index in [0.29, 0.717) is 16.3 Å². The summed E-state index contributed by atoms with van der Waals surface area (Å²) in [5.74, 6) is -0.845. The number of hydrogen-bond acceptors (Lipinski definition) is 4. The number of rotatable bonds is 3. The number of aromatic nitrogens is 1. The monoisotopic (exact) mass is 223 g/mol. The molecule has 1 N–H and O–H groups in total. The van der Waals surface area contributed by atoms with Gasteiger partial charge < -0.3 is 9.52 Å². The number of fused-ring (bicyclic) bond motifs is 1. The number of carbonyl (C=O) groups is 1. The van der Waals surface area contributed by atoms with E-state index in [2.05, 4.69) is 4.98 Å². The van der Waals surface area contributed by atoms with E-state index in [0.717, 1.165) is 5.56 Å². The molecule has 5 heteroatoms. The summed E-state index contributed by atoms with van der Waals surface area (Å²) < 4.78 is 5.38. The SMILES string of the molecule is CSc1nc2cc(CC(=O)O)ccc2o1. The summed E-state index contributed by atoms with van der Waals surface area (Å²) in [7, 11) is 0. The number of oxazole rings is 1. The quantitative estimate of drug-likeness (QED) is 0.808. The van der Waals surface area contributed by atoms with E-state index in [1.54, 1.807) is 18.2 Å². The summed E-state index contributed by atoms with van der Waals surface area (Å²) >= 11 is 1.42. The number of aliphatic carboxylic acids is 1. The van der Waals surface area contributed by atoms with Crippen LogP contribution in [-0.2, 0) is 11.2 Å². The van der Waals surface area contributed by atoms with Gasteiger partial charge in [-0.15, -0.1) is 0 Å². The molecule has 1 aromatic heterocycles. The Hall–Kier alpha value is -1.49. The van der Waals surface area contributed by atoms with Crippen LogP contribution >= 0.6 is 11.8 Å². The molecule has 0 fully saturated rings. The fraction of sp³-hybridized carbons (Fsp3) is 0.200. The second kappa shape index (κ2) is 3.94. The topological polar surface area (TPSA) is 63.3 Å². The standard InChI is InChI=1S/C10H9NO3S/c1-15-10-11-7-4-6(5-9(12)13)2-3-8(7)14-10/h2-4H,5H2,1H3,(H,12,13). The van der Waals surface area contributed by atoms with Crippen LogP contribution in [0.2, 0.25) is 0 Å². The molecule has 0 atom stereocenters. The van der Waals surface area contributed by atoms with E-state index >= 15 is 0 Å². The lowest BCUT2D eigenvalue weighted by molar-refractivity contribution is -0.136. The molecule has 1 aromatic carbocycles. The van der Waals surface area contributed by atoms with E-state index in [1.165, 1.54) is 11.8 Å². The normalized spacial score (nSPS) is 10.7. The number of hydrogen-bond donors (Lipinski definition) is 1. The van der Waals surface area contributed by atoms with Crippen LogP contribution in [0.4, 0.5) is 0 Å². The fourth-order valence-corrected chi connectivity index (χ4v) is 1.69. The van der Waals surface area contributed by atoms with Gasteiger partial charge in [0.1, 0.15) is 5.52 Å². The summed E-state index contributed by atoms with van der Waals surface area (Å²) in [5.41, 5.74) is 2.13. The maximum Gasteiger partial charge on any atom is 0.307 e. The number of benzene rings is 1. The molecule has 78 valence electrons.